The predicted octanol–water partition coefficient (Wildman–Crippen LogP) is 5.51. The predicted molar refractivity (Wildman–Crippen MR) is 145 cm³/mol. The SMILES string of the molecule is CC(C)C(NC(=O)c1ccc(Cl)c(Cl)c1)C(=O)NN=Cc1cccc(Oc2ccc([N+](=O)[O-])cc2[N+](=O)[O-])c1. The van der Waals surface area contributed by atoms with Gasteiger partial charge in [-0.25, -0.2) is 5.43 Å². The molecule has 0 saturated heterocycles. The molecule has 0 spiro atoms. The maximum atomic E-state index is 12.7. The van der Waals surface area contributed by atoms with Crippen molar-refractivity contribution in [3.8, 4) is 11.5 Å². The number of rotatable bonds is 10. The molecule has 0 radical (unpaired) electrons. The van der Waals surface area contributed by atoms with Crippen LogP contribution in [0, 0.1) is 26.1 Å². The number of hydrazone groups is 1. The van der Waals surface area contributed by atoms with Crippen molar-refractivity contribution in [1.82, 2.24) is 10.7 Å². The third-order valence-corrected chi connectivity index (χ3v) is 5.98. The Morgan fingerprint density at radius 3 is 2.36 bits per heavy atom. The van der Waals surface area contributed by atoms with E-state index in [9.17, 15) is 29.8 Å². The summed E-state index contributed by atoms with van der Waals surface area (Å²) in [7, 11) is 0. The van der Waals surface area contributed by atoms with Crippen LogP contribution in [0.4, 0.5) is 11.4 Å². The number of nitro groups is 2. The van der Waals surface area contributed by atoms with E-state index in [1.54, 1.807) is 26.0 Å². The highest BCUT2D eigenvalue weighted by Gasteiger charge is 2.25. The van der Waals surface area contributed by atoms with E-state index in [2.05, 4.69) is 15.8 Å². The van der Waals surface area contributed by atoms with Crippen molar-refractivity contribution in [2.24, 2.45) is 11.0 Å². The zero-order chi connectivity index (χ0) is 28.7. The first kappa shape index (κ1) is 29.0. The summed E-state index contributed by atoms with van der Waals surface area (Å²) in [5.41, 5.74) is 2.06. The van der Waals surface area contributed by atoms with Crippen molar-refractivity contribution in [1.29, 1.82) is 0 Å². The fourth-order valence-electron chi connectivity index (χ4n) is 3.27. The molecule has 3 rings (SSSR count). The smallest absolute Gasteiger partial charge is 0.318 e. The zero-order valence-corrected chi connectivity index (χ0v) is 22.0. The number of hydrogen-bond donors (Lipinski definition) is 2. The van der Waals surface area contributed by atoms with Crippen LogP contribution in [0.25, 0.3) is 0 Å². The molecule has 202 valence electrons. The maximum absolute atomic E-state index is 12.7. The van der Waals surface area contributed by atoms with Crippen LogP contribution in [0.3, 0.4) is 0 Å². The minimum Gasteiger partial charge on any atom is -0.450 e. The third kappa shape index (κ3) is 7.72. The molecule has 14 heteroatoms. The lowest BCUT2D eigenvalue weighted by Crippen LogP contribution is -2.48. The fourth-order valence-corrected chi connectivity index (χ4v) is 3.57. The average molecular weight is 574 g/mol. The number of amides is 2. The van der Waals surface area contributed by atoms with Crippen LogP contribution in [-0.4, -0.2) is 33.9 Å². The monoisotopic (exact) mass is 573 g/mol. The van der Waals surface area contributed by atoms with Gasteiger partial charge in [-0.05, 0) is 47.9 Å². The van der Waals surface area contributed by atoms with Gasteiger partial charge in [-0.15, -0.1) is 0 Å². The summed E-state index contributed by atoms with van der Waals surface area (Å²) in [4.78, 5) is 46.1. The summed E-state index contributed by atoms with van der Waals surface area (Å²) in [6.45, 7) is 3.50. The molecule has 0 fully saturated rings. The van der Waals surface area contributed by atoms with Gasteiger partial charge in [0.25, 0.3) is 17.5 Å². The minimum atomic E-state index is -0.915. The van der Waals surface area contributed by atoms with Crippen molar-refractivity contribution >= 4 is 52.6 Å². The van der Waals surface area contributed by atoms with Gasteiger partial charge in [-0.3, -0.25) is 29.8 Å². The van der Waals surface area contributed by atoms with Gasteiger partial charge in [0.1, 0.15) is 11.8 Å². The number of benzene rings is 3. The Labute approximate surface area is 231 Å². The van der Waals surface area contributed by atoms with Crippen LogP contribution in [0.1, 0.15) is 29.8 Å². The molecule has 0 bridgehead atoms. The molecule has 1 unspecified atom stereocenters. The molecule has 39 heavy (non-hydrogen) atoms. The molecule has 1 atom stereocenters. The molecular formula is C25H21Cl2N5O7. The van der Waals surface area contributed by atoms with Crippen LogP contribution < -0.4 is 15.5 Å². The van der Waals surface area contributed by atoms with Crippen molar-refractivity contribution in [3.63, 3.8) is 0 Å². The summed E-state index contributed by atoms with van der Waals surface area (Å²) >= 11 is 11.9. The number of nitro benzene ring substituents is 2. The van der Waals surface area contributed by atoms with E-state index >= 15 is 0 Å². The third-order valence-electron chi connectivity index (χ3n) is 5.24. The lowest BCUT2D eigenvalue weighted by Gasteiger charge is -2.20. The summed E-state index contributed by atoms with van der Waals surface area (Å²) in [6, 6.07) is 12.7. The van der Waals surface area contributed by atoms with Gasteiger partial charge in [0.2, 0.25) is 5.75 Å². The van der Waals surface area contributed by atoms with Gasteiger partial charge in [-0.2, -0.15) is 5.10 Å². The second kappa shape index (κ2) is 12.8. The molecule has 0 saturated carbocycles. The normalized spacial score (nSPS) is 11.7. The Balaban J connectivity index is 1.68. The maximum Gasteiger partial charge on any atom is 0.318 e. The number of carbonyl (C=O) groups excluding carboxylic acids is 2. The molecule has 0 aromatic heterocycles. The topological polar surface area (TPSA) is 166 Å². The highest BCUT2D eigenvalue weighted by molar-refractivity contribution is 6.42. The second-order valence-corrected chi connectivity index (χ2v) is 9.21. The number of halogens is 2. The highest BCUT2D eigenvalue weighted by atomic mass is 35.5. The van der Waals surface area contributed by atoms with Crippen molar-refractivity contribution in [3.05, 3.63) is 102 Å². The lowest BCUT2D eigenvalue weighted by molar-refractivity contribution is -0.394. The fraction of sp³-hybridized carbons (Fsp3) is 0.160. The molecule has 0 aliphatic carbocycles. The van der Waals surface area contributed by atoms with Crippen LogP contribution in [0.15, 0.2) is 65.8 Å². The Morgan fingerprint density at radius 2 is 1.72 bits per heavy atom. The van der Waals surface area contributed by atoms with Crippen LogP contribution in [0.2, 0.25) is 10.0 Å². The zero-order valence-electron chi connectivity index (χ0n) is 20.5. The Hall–Kier alpha value is -4.55. The highest BCUT2D eigenvalue weighted by Crippen LogP contribution is 2.34. The van der Waals surface area contributed by atoms with E-state index in [0.29, 0.717) is 10.6 Å². The van der Waals surface area contributed by atoms with Crippen LogP contribution in [0.5, 0.6) is 11.5 Å². The first-order chi connectivity index (χ1) is 18.5. The number of ether oxygens (including phenoxy) is 1. The summed E-state index contributed by atoms with van der Waals surface area (Å²) in [5, 5.41) is 29.3. The van der Waals surface area contributed by atoms with Gasteiger partial charge in [-0.1, -0.05) is 49.2 Å². The van der Waals surface area contributed by atoms with Gasteiger partial charge in [0.15, 0.2) is 0 Å². The Bertz CT molecular complexity index is 1460. The molecule has 12 nitrogen and oxygen atoms in total. The summed E-state index contributed by atoms with van der Waals surface area (Å²) in [5.74, 6) is -1.36. The number of carbonyl (C=O) groups is 2. The Morgan fingerprint density at radius 1 is 0.974 bits per heavy atom. The molecule has 3 aromatic rings. The molecular weight excluding hydrogens is 553 g/mol. The van der Waals surface area contributed by atoms with Gasteiger partial charge >= 0.3 is 5.69 Å². The molecule has 0 aliphatic rings. The Kier molecular flexibility index (Phi) is 9.52. The molecule has 2 N–H and O–H groups in total. The molecule has 2 amide bonds. The quantitative estimate of drug-likeness (QED) is 0.183. The van der Waals surface area contributed by atoms with E-state index in [-0.39, 0.29) is 28.0 Å². The largest absolute Gasteiger partial charge is 0.450 e. The minimum absolute atomic E-state index is 0.189. The molecule has 3 aromatic carbocycles. The van der Waals surface area contributed by atoms with Gasteiger partial charge in [0, 0.05) is 11.6 Å². The number of non-ortho nitro benzene ring substituents is 1. The van der Waals surface area contributed by atoms with Crippen molar-refractivity contribution < 1.29 is 24.2 Å². The van der Waals surface area contributed by atoms with E-state index in [1.165, 1.54) is 36.5 Å². The standard InChI is InChI=1S/C25H21Cl2N5O7/c1-14(2)23(29-24(33)16-6-8-19(26)20(27)11-16)25(34)30-28-13-15-4-3-5-18(10-15)39-22-9-7-17(31(35)36)12-21(22)32(37)38/h3-14,23H,1-2H3,(H,29,33)(H,30,34). The van der Waals surface area contributed by atoms with Crippen LogP contribution >= 0.6 is 23.2 Å². The summed E-state index contributed by atoms with van der Waals surface area (Å²) in [6.07, 6.45) is 1.31. The molecule has 0 aliphatic heterocycles. The van der Waals surface area contributed by atoms with Gasteiger partial charge in [0.05, 0.1) is 32.2 Å². The second-order valence-electron chi connectivity index (χ2n) is 8.40. The van der Waals surface area contributed by atoms with Crippen molar-refractivity contribution in [2.75, 3.05) is 0 Å². The van der Waals surface area contributed by atoms with Crippen molar-refractivity contribution in [2.45, 2.75) is 19.9 Å². The van der Waals surface area contributed by atoms with E-state index in [1.807, 2.05) is 0 Å². The first-order valence-corrected chi connectivity index (χ1v) is 12.0. The first-order valence-electron chi connectivity index (χ1n) is 11.3. The summed E-state index contributed by atoms with van der Waals surface area (Å²) < 4.78 is 5.57. The van der Waals surface area contributed by atoms with E-state index in [0.717, 1.165) is 18.2 Å². The number of hydrogen-bond acceptors (Lipinski definition) is 8. The average Bonchev–Trinajstić information content (AvgIpc) is 2.88. The van der Waals surface area contributed by atoms with Crippen LogP contribution in [-0.2, 0) is 4.79 Å². The lowest BCUT2D eigenvalue weighted by atomic mass is 10.0. The number of nitrogens with zero attached hydrogens (tertiary/aromatic N) is 3. The molecule has 0 heterocycles. The van der Waals surface area contributed by atoms with Gasteiger partial charge < -0.3 is 10.1 Å². The van der Waals surface area contributed by atoms with E-state index in [4.69, 9.17) is 27.9 Å². The number of nitrogens with one attached hydrogen (secondary N) is 2. The van der Waals surface area contributed by atoms with E-state index < -0.39 is 39.1 Å².